The summed E-state index contributed by atoms with van der Waals surface area (Å²) in [6.07, 6.45) is 0. The summed E-state index contributed by atoms with van der Waals surface area (Å²) in [4.78, 5) is 18.2. The van der Waals surface area contributed by atoms with Gasteiger partial charge in [-0.25, -0.2) is 9.59 Å². The van der Waals surface area contributed by atoms with Gasteiger partial charge in [-0.3, -0.25) is 0 Å². The number of carboxylic acid groups (broad SMARTS) is 2. The molecule has 0 aliphatic rings. The number of carbonyl (C=O) groups is 2. The molecule has 0 heterocycles. The molecule has 0 spiro atoms. The van der Waals surface area contributed by atoms with Gasteiger partial charge in [0.05, 0.1) is 0 Å². The van der Waals surface area contributed by atoms with Crippen molar-refractivity contribution < 1.29 is 71.0 Å². The first-order valence-electron chi connectivity index (χ1n) is 1.11. The van der Waals surface area contributed by atoms with Crippen LogP contribution in [0.5, 0.6) is 0 Å². The van der Waals surface area contributed by atoms with Crippen LogP contribution in [0.1, 0.15) is 0 Å². The van der Waals surface area contributed by atoms with Crippen LogP contribution >= 0.6 is 0 Å². The molecule has 2 N–H and O–H groups in total. The summed E-state index contributed by atoms with van der Waals surface area (Å²) in [6.45, 7) is 0. The number of rotatable bonds is 0. The van der Waals surface area contributed by atoms with Crippen LogP contribution in [0.2, 0.25) is 0 Å². The van der Waals surface area contributed by atoms with Gasteiger partial charge in [0.1, 0.15) is 0 Å². The summed E-state index contributed by atoms with van der Waals surface area (Å²) >= 11 is 0. The van der Waals surface area contributed by atoms with E-state index < -0.39 is 11.9 Å². The second-order valence-corrected chi connectivity index (χ2v) is 0.610. The van der Waals surface area contributed by atoms with Gasteiger partial charge in [0, 0.05) is 0 Å². The third-order valence-electron chi connectivity index (χ3n) is 0.183. The minimum Gasteiger partial charge on any atom is -2.00 e. The van der Waals surface area contributed by atoms with E-state index in [-0.39, 0.29) is 51.2 Å². The fourth-order valence-corrected chi connectivity index (χ4v) is 0. The van der Waals surface area contributed by atoms with Gasteiger partial charge >= 0.3 is 46.7 Å². The largest absolute Gasteiger partial charge is 3.00 e. The zero-order valence-corrected chi connectivity index (χ0v) is 7.30. The van der Waals surface area contributed by atoms with E-state index in [0.29, 0.717) is 0 Å². The Bertz CT molecular complexity index is 80.4. The molecule has 0 amide bonds. The van der Waals surface area contributed by atoms with Crippen LogP contribution in [0.4, 0.5) is 0 Å². The molecule has 64 valence electrons. The molecule has 0 aromatic carbocycles. The topological polar surface area (TPSA) is 160 Å². The maximum Gasteiger partial charge on any atom is 3.00 e. The Balaban J connectivity index is -0.0000000125. The second-order valence-electron chi connectivity index (χ2n) is 0.610. The van der Waals surface area contributed by atoms with Gasteiger partial charge in [-0.05, 0) is 0 Å². The Morgan fingerprint density at radius 3 is 0.818 bits per heavy atom. The fourth-order valence-electron chi connectivity index (χ4n) is 0. The summed E-state index contributed by atoms with van der Waals surface area (Å²) in [5, 5.41) is 14.8. The molecule has 11 heavy (non-hydrogen) atoms. The van der Waals surface area contributed by atoms with Crippen LogP contribution < -0.4 is 0 Å². The quantitative estimate of drug-likeness (QED) is 0.510. The predicted octanol–water partition coefficient (Wildman–Crippen LogP) is -1.21. The summed E-state index contributed by atoms with van der Waals surface area (Å²) in [7, 11) is 0. The molecule has 0 saturated carbocycles. The van der Waals surface area contributed by atoms with E-state index in [1.54, 1.807) is 0 Å². The third-order valence-corrected chi connectivity index (χ3v) is 0.183. The summed E-state index contributed by atoms with van der Waals surface area (Å²) in [6, 6.07) is 0. The van der Waals surface area contributed by atoms with E-state index in [1.807, 2.05) is 0 Å². The Labute approximate surface area is 83.2 Å². The SMILES string of the molecule is O=C(O)C(=O)O.[Cr+3].[Cr+3].[O-2].[O-2].[O-2]. The maximum absolute atomic E-state index is 9.10. The van der Waals surface area contributed by atoms with E-state index in [1.165, 1.54) is 0 Å². The predicted molar refractivity (Wildman–Crippen MR) is 17.3 cm³/mol. The van der Waals surface area contributed by atoms with E-state index in [0.717, 1.165) is 0 Å². The van der Waals surface area contributed by atoms with Gasteiger partial charge in [-0.15, -0.1) is 0 Å². The smallest absolute Gasteiger partial charge is 2.00 e. The Kier molecular flexibility index (Phi) is 91.3. The molecule has 0 aliphatic heterocycles. The Hall–Kier alpha value is -0.115. The number of hydrogen-bond acceptors (Lipinski definition) is 2. The first-order valence-corrected chi connectivity index (χ1v) is 1.11. The zero-order chi connectivity index (χ0) is 5.15. The zero-order valence-electron chi connectivity index (χ0n) is 4.75. The van der Waals surface area contributed by atoms with Crippen LogP contribution in [0, 0.1) is 0 Å². The first kappa shape index (κ1) is 44.6. The Morgan fingerprint density at radius 1 is 0.727 bits per heavy atom. The van der Waals surface area contributed by atoms with E-state index in [2.05, 4.69) is 0 Å². The molecule has 0 rings (SSSR count). The molecule has 2 radical (unpaired) electrons. The van der Waals surface area contributed by atoms with Crippen LogP contribution in [-0.2, 0) is 60.7 Å². The standard InChI is InChI=1S/C2H2O4.2Cr.3O/c3-1(4)2(5)6;;;;;/h(H,3,4)(H,5,6);;;;;/q;2*+3;3*-2. The minimum atomic E-state index is -1.82. The molecule has 0 aromatic rings. The second kappa shape index (κ2) is 22.5. The fraction of sp³-hybridized carbons (Fsp3) is 0. The molecule has 7 nitrogen and oxygen atoms in total. The van der Waals surface area contributed by atoms with Gasteiger partial charge in [0.2, 0.25) is 0 Å². The van der Waals surface area contributed by atoms with Crippen molar-refractivity contribution in [3.63, 3.8) is 0 Å². The number of carboxylic acids is 2. The average Bonchev–Trinajstić information content (AvgIpc) is 1.36. The van der Waals surface area contributed by atoms with Crippen LogP contribution in [0.15, 0.2) is 0 Å². The van der Waals surface area contributed by atoms with Crippen molar-refractivity contribution in [3.05, 3.63) is 0 Å². The molecule has 0 unspecified atom stereocenters. The number of aliphatic carboxylic acids is 2. The maximum atomic E-state index is 9.10. The molecule has 0 aliphatic carbocycles. The van der Waals surface area contributed by atoms with Crippen molar-refractivity contribution in [1.29, 1.82) is 0 Å². The third kappa shape index (κ3) is 40.7. The van der Waals surface area contributed by atoms with Crippen LogP contribution in [-0.4, -0.2) is 22.2 Å². The van der Waals surface area contributed by atoms with Gasteiger partial charge < -0.3 is 26.6 Å². The number of hydrogen-bond donors (Lipinski definition) is 2. The van der Waals surface area contributed by atoms with Crippen molar-refractivity contribution in [1.82, 2.24) is 0 Å². The summed E-state index contributed by atoms with van der Waals surface area (Å²) in [5.41, 5.74) is 0. The van der Waals surface area contributed by atoms with Crippen LogP contribution in [0.3, 0.4) is 0 Å². The van der Waals surface area contributed by atoms with Crippen molar-refractivity contribution in [2.75, 3.05) is 0 Å². The molecule has 0 saturated heterocycles. The molecular weight excluding hydrogens is 240 g/mol. The molecule has 0 aromatic heterocycles. The Morgan fingerprint density at radius 2 is 0.818 bits per heavy atom. The van der Waals surface area contributed by atoms with E-state index in [4.69, 9.17) is 19.8 Å². The molecule has 0 atom stereocenters. The van der Waals surface area contributed by atoms with Gasteiger partial charge in [-0.1, -0.05) is 0 Å². The van der Waals surface area contributed by atoms with Crippen LogP contribution in [0.25, 0.3) is 0 Å². The summed E-state index contributed by atoms with van der Waals surface area (Å²) in [5.74, 6) is -3.65. The molecule has 9 heteroatoms. The molecule has 0 fully saturated rings. The van der Waals surface area contributed by atoms with Crippen molar-refractivity contribution in [2.24, 2.45) is 0 Å². The van der Waals surface area contributed by atoms with Crippen molar-refractivity contribution in [2.45, 2.75) is 0 Å². The van der Waals surface area contributed by atoms with Crippen molar-refractivity contribution in [3.8, 4) is 0 Å². The van der Waals surface area contributed by atoms with E-state index >= 15 is 0 Å². The molecule has 0 bridgehead atoms. The molecular formula is C2H2Cr2O7. The minimum absolute atomic E-state index is 0. The van der Waals surface area contributed by atoms with Crippen molar-refractivity contribution >= 4 is 11.9 Å². The first-order chi connectivity index (χ1) is 2.64. The monoisotopic (exact) mass is 242 g/mol. The van der Waals surface area contributed by atoms with E-state index in [9.17, 15) is 0 Å². The normalized spacial score (nSPS) is 4.00. The van der Waals surface area contributed by atoms with Gasteiger partial charge in [0.15, 0.2) is 0 Å². The average molecular weight is 242 g/mol. The summed E-state index contributed by atoms with van der Waals surface area (Å²) < 4.78 is 0. The van der Waals surface area contributed by atoms with Gasteiger partial charge in [-0.2, -0.15) is 0 Å². The van der Waals surface area contributed by atoms with Gasteiger partial charge in [0.25, 0.3) is 0 Å².